The van der Waals surface area contributed by atoms with E-state index in [1.54, 1.807) is 17.2 Å². The van der Waals surface area contributed by atoms with Crippen LogP contribution in [-0.4, -0.2) is 58.2 Å². The van der Waals surface area contributed by atoms with Gasteiger partial charge in [-0.3, -0.25) is 14.9 Å². The molecule has 0 saturated carbocycles. The highest BCUT2D eigenvalue weighted by atomic mass is 32.2. The van der Waals surface area contributed by atoms with Gasteiger partial charge in [0, 0.05) is 30.5 Å². The first-order valence-corrected chi connectivity index (χ1v) is 11.4. The largest absolute Gasteiger partial charge is 0.327 e. The molecule has 4 rings (SSSR count). The zero-order chi connectivity index (χ0) is 21.3. The first kappa shape index (κ1) is 20.2. The molecule has 0 bridgehead atoms. The molecule has 10 heteroatoms. The first-order valence-electron chi connectivity index (χ1n) is 9.48. The molecular formula is C20H22N6O3S. The molecule has 30 heavy (non-hydrogen) atoms. The fourth-order valence-corrected chi connectivity index (χ4v) is 4.47. The topological polar surface area (TPSA) is 121 Å². The lowest BCUT2D eigenvalue weighted by atomic mass is 10.1. The van der Waals surface area contributed by atoms with Crippen LogP contribution in [0.5, 0.6) is 0 Å². The average Bonchev–Trinajstić information content (AvgIpc) is 3.34. The molecule has 0 spiro atoms. The van der Waals surface area contributed by atoms with Gasteiger partial charge in [0.15, 0.2) is 5.82 Å². The third-order valence-electron chi connectivity index (χ3n) is 5.06. The normalized spacial score (nSPS) is 19.2. The Balaban J connectivity index is 1.67. The second kappa shape index (κ2) is 7.96. The number of nitrogens with zero attached hydrogens (tertiary/aromatic N) is 4. The van der Waals surface area contributed by atoms with Gasteiger partial charge in [0.25, 0.3) is 5.91 Å². The maximum Gasteiger partial charge on any atom is 0.256 e. The SMILES string of the molecule is Cc1ccncc1C(=O)N1C[C@@H](NS(C)(=O)=O)C[C@H]1c1nc(-c2ccccc2)n[nH]1. The average molecular weight is 427 g/mol. The van der Waals surface area contributed by atoms with E-state index in [0.29, 0.717) is 23.6 Å². The van der Waals surface area contributed by atoms with Crippen LogP contribution in [0.3, 0.4) is 0 Å². The van der Waals surface area contributed by atoms with Crippen molar-refractivity contribution in [2.75, 3.05) is 12.8 Å². The van der Waals surface area contributed by atoms with Crippen LogP contribution in [0.1, 0.15) is 34.2 Å². The Hall–Kier alpha value is -3.11. The molecule has 3 heterocycles. The number of carbonyl (C=O) groups excluding carboxylic acids is 1. The van der Waals surface area contributed by atoms with Crippen molar-refractivity contribution in [3.8, 4) is 11.4 Å². The van der Waals surface area contributed by atoms with Crippen molar-refractivity contribution in [1.82, 2.24) is 29.8 Å². The van der Waals surface area contributed by atoms with Crippen LogP contribution in [-0.2, 0) is 10.0 Å². The van der Waals surface area contributed by atoms with Crippen molar-refractivity contribution in [2.24, 2.45) is 0 Å². The number of aryl methyl sites for hydroxylation is 1. The molecule has 1 amide bonds. The Morgan fingerprint density at radius 1 is 1.23 bits per heavy atom. The van der Waals surface area contributed by atoms with Gasteiger partial charge in [0.1, 0.15) is 5.82 Å². The highest BCUT2D eigenvalue weighted by Crippen LogP contribution is 2.33. The van der Waals surface area contributed by atoms with Crippen LogP contribution in [0.15, 0.2) is 48.8 Å². The van der Waals surface area contributed by atoms with Crippen LogP contribution >= 0.6 is 0 Å². The van der Waals surface area contributed by atoms with Crippen LogP contribution < -0.4 is 4.72 Å². The summed E-state index contributed by atoms with van der Waals surface area (Å²) in [5.41, 5.74) is 2.13. The summed E-state index contributed by atoms with van der Waals surface area (Å²) >= 11 is 0. The van der Waals surface area contributed by atoms with Crippen LogP contribution in [0.25, 0.3) is 11.4 Å². The molecule has 3 aromatic rings. The second-order valence-corrected chi connectivity index (χ2v) is 9.18. The minimum atomic E-state index is -3.42. The van der Waals surface area contributed by atoms with E-state index in [9.17, 15) is 13.2 Å². The molecule has 1 saturated heterocycles. The number of benzene rings is 1. The quantitative estimate of drug-likeness (QED) is 0.640. The fraction of sp³-hybridized carbons (Fsp3) is 0.300. The van der Waals surface area contributed by atoms with E-state index in [-0.39, 0.29) is 12.5 Å². The molecular weight excluding hydrogens is 404 g/mol. The molecule has 1 aliphatic heterocycles. The van der Waals surface area contributed by atoms with Crippen molar-refractivity contribution in [2.45, 2.75) is 25.4 Å². The smallest absolute Gasteiger partial charge is 0.256 e. The van der Waals surface area contributed by atoms with Gasteiger partial charge in [0.2, 0.25) is 10.0 Å². The molecule has 2 atom stereocenters. The van der Waals surface area contributed by atoms with Gasteiger partial charge < -0.3 is 4.90 Å². The molecule has 1 aromatic carbocycles. The molecule has 0 aliphatic carbocycles. The summed E-state index contributed by atoms with van der Waals surface area (Å²) in [6.45, 7) is 2.07. The third kappa shape index (κ3) is 4.24. The van der Waals surface area contributed by atoms with E-state index < -0.39 is 22.1 Å². The maximum absolute atomic E-state index is 13.3. The molecule has 2 N–H and O–H groups in total. The van der Waals surface area contributed by atoms with Gasteiger partial charge in [-0.25, -0.2) is 18.1 Å². The van der Waals surface area contributed by atoms with Gasteiger partial charge in [-0.2, -0.15) is 5.10 Å². The lowest BCUT2D eigenvalue weighted by Crippen LogP contribution is -2.38. The number of sulfonamides is 1. The number of carbonyl (C=O) groups is 1. The van der Waals surface area contributed by atoms with Gasteiger partial charge >= 0.3 is 0 Å². The summed E-state index contributed by atoms with van der Waals surface area (Å²) in [4.78, 5) is 23.6. The maximum atomic E-state index is 13.3. The van der Waals surface area contributed by atoms with E-state index in [4.69, 9.17) is 0 Å². The zero-order valence-electron chi connectivity index (χ0n) is 16.6. The molecule has 0 radical (unpaired) electrons. The molecule has 156 valence electrons. The van der Waals surface area contributed by atoms with Gasteiger partial charge in [-0.1, -0.05) is 30.3 Å². The Morgan fingerprint density at radius 2 is 2.00 bits per heavy atom. The fourth-order valence-electron chi connectivity index (χ4n) is 3.69. The van der Waals surface area contributed by atoms with E-state index >= 15 is 0 Å². The Labute approximate surface area is 174 Å². The lowest BCUT2D eigenvalue weighted by Gasteiger charge is -2.23. The summed E-state index contributed by atoms with van der Waals surface area (Å²) < 4.78 is 26.1. The molecule has 9 nitrogen and oxygen atoms in total. The first-order chi connectivity index (χ1) is 14.3. The monoisotopic (exact) mass is 426 g/mol. The minimum Gasteiger partial charge on any atom is -0.327 e. The van der Waals surface area contributed by atoms with E-state index in [0.717, 1.165) is 17.4 Å². The van der Waals surface area contributed by atoms with Crippen molar-refractivity contribution >= 4 is 15.9 Å². The molecule has 1 aliphatic rings. The Kier molecular flexibility index (Phi) is 5.35. The zero-order valence-corrected chi connectivity index (χ0v) is 17.4. The summed E-state index contributed by atoms with van der Waals surface area (Å²) in [5.74, 6) is 0.817. The number of nitrogens with one attached hydrogen (secondary N) is 2. The molecule has 1 fully saturated rings. The van der Waals surface area contributed by atoms with Crippen molar-refractivity contribution in [3.05, 3.63) is 65.7 Å². The highest BCUT2D eigenvalue weighted by Gasteiger charge is 2.40. The summed E-state index contributed by atoms with van der Waals surface area (Å²) in [6.07, 6.45) is 4.66. The predicted octanol–water partition coefficient (Wildman–Crippen LogP) is 1.68. The van der Waals surface area contributed by atoms with Crippen molar-refractivity contribution in [3.63, 3.8) is 0 Å². The number of hydrogen-bond donors (Lipinski definition) is 2. The number of hydrogen-bond acceptors (Lipinski definition) is 6. The van der Waals surface area contributed by atoms with Gasteiger partial charge in [-0.05, 0) is 25.0 Å². The predicted molar refractivity (Wildman–Crippen MR) is 111 cm³/mol. The molecule has 2 aromatic heterocycles. The third-order valence-corrected chi connectivity index (χ3v) is 5.82. The van der Waals surface area contributed by atoms with Crippen LogP contribution in [0.2, 0.25) is 0 Å². The Bertz CT molecular complexity index is 1160. The number of amides is 1. The van der Waals surface area contributed by atoms with Crippen molar-refractivity contribution in [1.29, 1.82) is 0 Å². The number of pyridine rings is 1. The minimum absolute atomic E-state index is 0.221. The van der Waals surface area contributed by atoms with Crippen LogP contribution in [0, 0.1) is 6.92 Å². The highest BCUT2D eigenvalue weighted by molar-refractivity contribution is 7.88. The van der Waals surface area contributed by atoms with Gasteiger partial charge in [0.05, 0.1) is 17.9 Å². The summed E-state index contributed by atoms with van der Waals surface area (Å²) in [6, 6.07) is 10.4. The number of H-pyrrole nitrogens is 1. The number of aromatic amines is 1. The van der Waals surface area contributed by atoms with E-state index in [2.05, 4.69) is 24.9 Å². The molecule has 0 unspecified atom stereocenters. The van der Waals surface area contributed by atoms with Gasteiger partial charge in [-0.15, -0.1) is 0 Å². The second-order valence-electron chi connectivity index (χ2n) is 7.40. The van der Waals surface area contributed by atoms with Crippen LogP contribution in [0.4, 0.5) is 0 Å². The van der Waals surface area contributed by atoms with Crippen molar-refractivity contribution < 1.29 is 13.2 Å². The van der Waals surface area contributed by atoms with E-state index in [1.165, 1.54) is 6.20 Å². The summed E-state index contributed by atoms with van der Waals surface area (Å²) in [5, 5.41) is 7.22. The summed E-state index contributed by atoms with van der Waals surface area (Å²) in [7, 11) is -3.42. The Morgan fingerprint density at radius 3 is 2.70 bits per heavy atom. The number of rotatable bonds is 5. The van der Waals surface area contributed by atoms with E-state index in [1.807, 2.05) is 37.3 Å². The lowest BCUT2D eigenvalue weighted by molar-refractivity contribution is 0.0727. The number of aromatic nitrogens is 4. The number of likely N-dealkylation sites (tertiary alicyclic amines) is 1. The standard InChI is InChI=1S/C20H22N6O3S/c1-13-8-9-21-11-16(13)20(27)26-12-15(25-30(2,28)29)10-17(26)19-22-18(23-24-19)14-6-4-3-5-7-14/h3-9,11,15,17,25H,10,12H2,1-2H3,(H,22,23,24)/t15-,17-/m0/s1.